The normalized spacial score (nSPS) is 20.3. The second kappa shape index (κ2) is 4.28. The molecule has 2 aliphatic carbocycles. The molecular weight excluding hydrogens is 216 g/mol. The Bertz CT molecular complexity index is 557. The molecule has 0 radical (unpaired) electrons. The molecule has 3 rings (SSSR count). The van der Waals surface area contributed by atoms with Gasteiger partial charge in [0.25, 0.3) is 0 Å². The number of allylic oxidation sites excluding steroid dienone is 5. The molecule has 18 heavy (non-hydrogen) atoms. The van der Waals surface area contributed by atoms with E-state index in [1.165, 1.54) is 23.1 Å². The van der Waals surface area contributed by atoms with Gasteiger partial charge in [-0.05, 0) is 36.0 Å². The molecule has 0 N–H and O–H groups in total. The molecule has 0 bridgehead atoms. The third-order valence-electron chi connectivity index (χ3n) is 4.59. The molecule has 0 saturated heterocycles. The van der Waals surface area contributed by atoms with Crippen LogP contribution in [0.15, 0.2) is 53.6 Å². The minimum atomic E-state index is 0.214. The molecule has 0 heterocycles. The highest BCUT2D eigenvalue weighted by Gasteiger charge is 2.33. The fraction of sp³-hybridized carbons (Fsp3) is 0.333. The highest BCUT2D eigenvalue weighted by molar-refractivity contribution is 5.66. The third kappa shape index (κ3) is 1.68. The molecule has 0 fully saturated rings. The van der Waals surface area contributed by atoms with E-state index < -0.39 is 0 Å². The van der Waals surface area contributed by atoms with E-state index in [-0.39, 0.29) is 5.41 Å². The fourth-order valence-electron chi connectivity index (χ4n) is 3.12. The van der Waals surface area contributed by atoms with Crippen LogP contribution in [0.25, 0.3) is 6.08 Å². The van der Waals surface area contributed by atoms with Gasteiger partial charge < -0.3 is 0 Å². The lowest BCUT2D eigenvalue weighted by Crippen LogP contribution is -2.20. The molecule has 1 atom stereocenters. The largest absolute Gasteiger partial charge is 0.0804 e. The Morgan fingerprint density at radius 2 is 2.06 bits per heavy atom. The Morgan fingerprint density at radius 3 is 2.72 bits per heavy atom. The maximum absolute atomic E-state index is 2.41. The zero-order chi connectivity index (χ0) is 12.6. The SMILES string of the molecule is CCC(C)(C1=CCC=C1)C1=Cc2ccccc2C1. The van der Waals surface area contributed by atoms with E-state index in [1.807, 2.05) is 0 Å². The van der Waals surface area contributed by atoms with Crippen molar-refractivity contribution in [2.75, 3.05) is 0 Å². The molecule has 92 valence electrons. The Labute approximate surface area is 110 Å². The molecule has 0 aromatic heterocycles. The number of rotatable bonds is 3. The molecule has 0 heteroatoms. The van der Waals surface area contributed by atoms with Gasteiger partial charge in [-0.2, -0.15) is 0 Å². The summed E-state index contributed by atoms with van der Waals surface area (Å²) in [4.78, 5) is 0. The molecule has 0 saturated carbocycles. The van der Waals surface area contributed by atoms with Crippen molar-refractivity contribution < 1.29 is 0 Å². The molecule has 0 spiro atoms. The first-order valence-corrected chi connectivity index (χ1v) is 6.90. The van der Waals surface area contributed by atoms with Crippen LogP contribution in [0.4, 0.5) is 0 Å². The van der Waals surface area contributed by atoms with Crippen LogP contribution in [0.5, 0.6) is 0 Å². The van der Waals surface area contributed by atoms with Crippen molar-refractivity contribution in [3.05, 3.63) is 64.8 Å². The minimum Gasteiger partial charge on any atom is -0.0804 e. The molecule has 1 aromatic carbocycles. The second-order valence-electron chi connectivity index (χ2n) is 5.53. The zero-order valence-corrected chi connectivity index (χ0v) is 11.2. The van der Waals surface area contributed by atoms with E-state index in [4.69, 9.17) is 0 Å². The van der Waals surface area contributed by atoms with Crippen LogP contribution in [0.2, 0.25) is 0 Å². The predicted octanol–water partition coefficient (Wildman–Crippen LogP) is 4.93. The average Bonchev–Trinajstić information content (AvgIpc) is 3.06. The minimum absolute atomic E-state index is 0.214. The van der Waals surface area contributed by atoms with Crippen LogP contribution in [-0.4, -0.2) is 0 Å². The maximum Gasteiger partial charge on any atom is 0.0134 e. The summed E-state index contributed by atoms with van der Waals surface area (Å²) in [6, 6.07) is 8.77. The maximum atomic E-state index is 2.41. The van der Waals surface area contributed by atoms with Gasteiger partial charge >= 0.3 is 0 Å². The third-order valence-corrected chi connectivity index (χ3v) is 4.59. The van der Waals surface area contributed by atoms with Gasteiger partial charge in [-0.15, -0.1) is 0 Å². The lowest BCUT2D eigenvalue weighted by atomic mass is 9.73. The highest BCUT2D eigenvalue weighted by atomic mass is 14.4. The lowest BCUT2D eigenvalue weighted by molar-refractivity contribution is 0.467. The van der Waals surface area contributed by atoms with Gasteiger partial charge in [-0.25, -0.2) is 0 Å². The summed E-state index contributed by atoms with van der Waals surface area (Å²) in [5.74, 6) is 0. The zero-order valence-electron chi connectivity index (χ0n) is 11.2. The van der Waals surface area contributed by atoms with E-state index >= 15 is 0 Å². The molecular formula is C18H20. The first-order chi connectivity index (χ1) is 8.74. The van der Waals surface area contributed by atoms with Gasteiger partial charge in [0.15, 0.2) is 0 Å². The summed E-state index contributed by atoms with van der Waals surface area (Å²) >= 11 is 0. The van der Waals surface area contributed by atoms with Crippen LogP contribution in [0.1, 0.15) is 37.8 Å². The first kappa shape index (κ1) is 11.5. The summed E-state index contributed by atoms with van der Waals surface area (Å²) in [6.45, 7) is 4.70. The highest BCUT2D eigenvalue weighted by Crippen LogP contribution is 2.45. The molecule has 1 unspecified atom stereocenters. The Balaban J connectivity index is 1.98. The van der Waals surface area contributed by atoms with Crippen LogP contribution in [-0.2, 0) is 6.42 Å². The molecule has 1 aromatic rings. The molecule has 2 aliphatic rings. The summed E-state index contributed by atoms with van der Waals surface area (Å²) in [6.07, 6.45) is 12.8. The Morgan fingerprint density at radius 1 is 1.22 bits per heavy atom. The smallest absolute Gasteiger partial charge is 0.0134 e. The van der Waals surface area contributed by atoms with Crippen molar-refractivity contribution in [2.24, 2.45) is 5.41 Å². The van der Waals surface area contributed by atoms with E-state index in [0.717, 1.165) is 12.8 Å². The van der Waals surface area contributed by atoms with Gasteiger partial charge in [-0.3, -0.25) is 0 Å². The van der Waals surface area contributed by atoms with Gasteiger partial charge in [0.05, 0.1) is 0 Å². The van der Waals surface area contributed by atoms with Gasteiger partial charge in [0.1, 0.15) is 0 Å². The van der Waals surface area contributed by atoms with Crippen molar-refractivity contribution in [3.8, 4) is 0 Å². The molecule has 0 nitrogen and oxygen atoms in total. The number of benzene rings is 1. The summed E-state index contributed by atoms with van der Waals surface area (Å²) < 4.78 is 0. The van der Waals surface area contributed by atoms with Crippen molar-refractivity contribution >= 4 is 6.08 Å². The monoisotopic (exact) mass is 236 g/mol. The van der Waals surface area contributed by atoms with Crippen LogP contribution in [0, 0.1) is 5.41 Å². The standard InChI is InChI=1S/C18H20/c1-3-18(2,16-10-6-7-11-16)17-12-14-8-4-5-9-15(14)13-17/h4-6,8-12H,3,7,13H2,1-2H3. The Hall–Kier alpha value is -1.56. The van der Waals surface area contributed by atoms with Crippen LogP contribution >= 0.6 is 0 Å². The van der Waals surface area contributed by atoms with Gasteiger partial charge in [0, 0.05) is 5.41 Å². The van der Waals surface area contributed by atoms with Crippen molar-refractivity contribution in [1.29, 1.82) is 0 Å². The second-order valence-corrected chi connectivity index (χ2v) is 5.53. The lowest BCUT2D eigenvalue weighted by Gasteiger charge is -2.31. The quantitative estimate of drug-likeness (QED) is 0.698. The summed E-state index contributed by atoms with van der Waals surface area (Å²) in [5.41, 5.74) is 6.18. The topological polar surface area (TPSA) is 0 Å². The van der Waals surface area contributed by atoms with Crippen LogP contribution in [0.3, 0.4) is 0 Å². The molecule has 0 amide bonds. The average molecular weight is 236 g/mol. The van der Waals surface area contributed by atoms with Gasteiger partial charge in [0.2, 0.25) is 0 Å². The number of fused-ring (bicyclic) bond motifs is 1. The van der Waals surface area contributed by atoms with Crippen molar-refractivity contribution in [2.45, 2.75) is 33.1 Å². The van der Waals surface area contributed by atoms with E-state index in [2.05, 4.69) is 62.4 Å². The van der Waals surface area contributed by atoms with E-state index in [1.54, 1.807) is 5.57 Å². The fourth-order valence-corrected chi connectivity index (χ4v) is 3.12. The van der Waals surface area contributed by atoms with E-state index in [9.17, 15) is 0 Å². The summed E-state index contributed by atoms with van der Waals surface area (Å²) in [5, 5.41) is 0. The predicted molar refractivity (Wildman–Crippen MR) is 78.4 cm³/mol. The number of hydrogen-bond donors (Lipinski definition) is 0. The van der Waals surface area contributed by atoms with Crippen molar-refractivity contribution in [3.63, 3.8) is 0 Å². The Kier molecular flexibility index (Phi) is 2.74. The van der Waals surface area contributed by atoms with Crippen molar-refractivity contribution in [1.82, 2.24) is 0 Å². The van der Waals surface area contributed by atoms with Crippen LogP contribution < -0.4 is 0 Å². The number of hydrogen-bond acceptors (Lipinski definition) is 0. The summed E-state index contributed by atoms with van der Waals surface area (Å²) in [7, 11) is 0. The van der Waals surface area contributed by atoms with Gasteiger partial charge in [-0.1, -0.05) is 68.0 Å². The first-order valence-electron chi connectivity index (χ1n) is 6.90. The van der Waals surface area contributed by atoms with E-state index in [0.29, 0.717) is 0 Å². The molecule has 0 aliphatic heterocycles.